The molecule has 2 atom stereocenters. The summed E-state index contributed by atoms with van der Waals surface area (Å²) in [7, 11) is 0. The summed E-state index contributed by atoms with van der Waals surface area (Å²) in [5.74, 6) is 0.299. The Hall–Kier alpha value is -1.59. The van der Waals surface area contributed by atoms with Crippen LogP contribution in [-0.4, -0.2) is 17.6 Å². The topological polar surface area (TPSA) is 62.5 Å². The van der Waals surface area contributed by atoms with E-state index >= 15 is 0 Å². The minimum Gasteiger partial charge on any atom is -0.467 e. The summed E-state index contributed by atoms with van der Waals surface area (Å²) in [5.41, 5.74) is 0. The van der Waals surface area contributed by atoms with E-state index in [9.17, 15) is 9.90 Å². The highest BCUT2D eigenvalue weighted by atomic mass is 32.1. The van der Waals surface area contributed by atoms with Crippen molar-refractivity contribution in [3.8, 4) is 0 Å². The van der Waals surface area contributed by atoms with Gasteiger partial charge in [-0.15, -0.1) is 11.3 Å². The molecule has 0 aliphatic rings. The number of thiophene rings is 1. The summed E-state index contributed by atoms with van der Waals surface area (Å²) in [6, 6.07) is 7.39. The van der Waals surface area contributed by atoms with E-state index in [4.69, 9.17) is 4.42 Å². The molecule has 0 saturated carbocycles. The van der Waals surface area contributed by atoms with E-state index in [0.717, 1.165) is 6.42 Å². The quantitative estimate of drug-likeness (QED) is 0.853. The van der Waals surface area contributed by atoms with E-state index in [1.807, 2.05) is 24.4 Å². The lowest BCUT2D eigenvalue weighted by atomic mass is 10.1. The molecule has 2 aromatic heterocycles. The number of aliphatic hydroxyl groups excluding tert-OH is 1. The molecule has 19 heavy (non-hydrogen) atoms. The third-order valence-electron chi connectivity index (χ3n) is 2.88. The van der Waals surface area contributed by atoms with Crippen molar-refractivity contribution in [1.82, 2.24) is 5.32 Å². The molecule has 4 nitrogen and oxygen atoms in total. The third-order valence-corrected chi connectivity index (χ3v) is 3.78. The first kappa shape index (κ1) is 13.8. The van der Waals surface area contributed by atoms with Gasteiger partial charge < -0.3 is 14.8 Å². The van der Waals surface area contributed by atoms with Crippen molar-refractivity contribution in [3.05, 3.63) is 46.5 Å². The van der Waals surface area contributed by atoms with Gasteiger partial charge in [-0.3, -0.25) is 4.79 Å². The van der Waals surface area contributed by atoms with Gasteiger partial charge in [-0.05, 0) is 30.0 Å². The van der Waals surface area contributed by atoms with Crippen LogP contribution in [0.25, 0.3) is 0 Å². The van der Waals surface area contributed by atoms with Gasteiger partial charge in [0.2, 0.25) is 5.91 Å². The molecular formula is C14H17NO3S. The molecule has 102 valence electrons. The summed E-state index contributed by atoms with van der Waals surface area (Å²) in [4.78, 5) is 13.1. The van der Waals surface area contributed by atoms with Crippen molar-refractivity contribution >= 4 is 17.2 Å². The van der Waals surface area contributed by atoms with Gasteiger partial charge in [0.1, 0.15) is 11.9 Å². The molecule has 0 bridgehead atoms. The second-order valence-electron chi connectivity index (χ2n) is 4.46. The number of carbonyl (C=O) groups is 1. The van der Waals surface area contributed by atoms with Crippen LogP contribution in [0.1, 0.15) is 23.7 Å². The Morgan fingerprint density at radius 3 is 2.95 bits per heavy atom. The lowest BCUT2D eigenvalue weighted by Gasteiger charge is -2.13. The Morgan fingerprint density at radius 2 is 2.32 bits per heavy atom. The number of rotatable bonds is 6. The molecule has 0 radical (unpaired) electrons. The van der Waals surface area contributed by atoms with Crippen LogP contribution in [0, 0.1) is 5.92 Å². The minimum atomic E-state index is -0.798. The molecular weight excluding hydrogens is 262 g/mol. The zero-order valence-electron chi connectivity index (χ0n) is 10.7. The summed E-state index contributed by atoms with van der Waals surface area (Å²) in [6.45, 7) is 2.05. The summed E-state index contributed by atoms with van der Waals surface area (Å²) >= 11 is 1.65. The van der Waals surface area contributed by atoms with Crippen LogP contribution < -0.4 is 5.32 Å². The first-order valence-electron chi connectivity index (χ1n) is 6.18. The maximum Gasteiger partial charge on any atom is 0.223 e. The van der Waals surface area contributed by atoms with Gasteiger partial charge >= 0.3 is 0 Å². The Balaban J connectivity index is 1.77. The van der Waals surface area contributed by atoms with Crippen LogP contribution in [0.5, 0.6) is 0 Å². The van der Waals surface area contributed by atoms with Crippen LogP contribution in [-0.2, 0) is 11.2 Å². The molecule has 2 N–H and O–H groups in total. The van der Waals surface area contributed by atoms with Gasteiger partial charge in [0.25, 0.3) is 0 Å². The lowest BCUT2D eigenvalue weighted by molar-refractivity contribution is -0.125. The molecule has 0 aromatic carbocycles. The number of nitrogens with one attached hydrogen (secondary N) is 1. The third kappa shape index (κ3) is 3.94. The molecule has 0 aliphatic heterocycles. The molecule has 2 aromatic rings. The molecule has 2 unspecified atom stereocenters. The maximum absolute atomic E-state index is 11.9. The van der Waals surface area contributed by atoms with Crippen molar-refractivity contribution in [2.45, 2.75) is 19.4 Å². The van der Waals surface area contributed by atoms with E-state index in [1.54, 1.807) is 23.5 Å². The second kappa shape index (κ2) is 6.54. The average Bonchev–Trinajstić information content (AvgIpc) is 3.07. The number of furan rings is 1. The molecule has 1 amide bonds. The fourth-order valence-electron chi connectivity index (χ4n) is 1.78. The Labute approximate surface area is 116 Å². The van der Waals surface area contributed by atoms with Gasteiger partial charge in [0.15, 0.2) is 0 Å². The molecule has 0 saturated heterocycles. The Kier molecular flexibility index (Phi) is 4.76. The SMILES string of the molecule is CC(Cc1cccs1)C(=O)NCC(O)c1ccco1. The largest absolute Gasteiger partial charge is 0.467 e. The minimum absolute atomic E-state index is 0.0565. The molecule has 5 heteroatoms. The van der Waals surface area contributed by atoms with Crippen molar-refractivity contribution < 1.29 is 14.3 Å². The monoisotopic (exact) mass is 279 g/mol. The number of hydrogen-bond donors (Lipinski definition) is 2. The van der Waals surface area contributed by atoms with Crippen molar-refractivity contribution in [2.24, 2.45) is 5.92 Å². The van der Waals surface area contributed by atoms with Gasteiger partial charge in [0.05, 0.1) is 12.8 Å². The van der Waals surface area contributed by atoms with Crippen LogP contribution in [0.3, 0.4) is 0 Å². The van der Waals surface area contributed by atoms with Gasteiger partial charge in [0, 0.05) is 10.8 Å². The Morgan fingerprint density at radius 1 is 1.47 bits per heavy atom. The zero-order chi connectivity index (χ0) is 13.7. The lowest BCUT2D eigenvalue weighted by Crippen LogP contribution is -2.33. The first-order chi connectivity index (χ1) is 9.16. The van der Waals surface area contributed by atoms with E-state index < -0.39 is 6.10 Å². The zero-order valence-corrected chi connectivity index (χ0v) is 11.5. The van der Waals surface area contributed by atoms with Crippen LogP contribution in [0.2, 0.25) is 0 Å². The average molecular weight is 279 g/mol. The summed E-state index contributed by atoms with van der Waals surface area (Å²) < 4.78 is 5.07. The molecule has 0 aliphatic carbocycles. The predicted octanol–water partition coefficient (Wildman–Crippen LogP) is 2.37. The van der Waals surface area contributed by atoms with Crippen molar-refractivity contribution in [2.75, 3.05) is 6.54 Å². The fraction of sp³-hybridized carbons (Fsp3) is 0.357. The van der Waals surface area contributed by atoms with E-state index in [2.05, 4.69) is 5.32 Å². The van der Waals surface area contributed by atoms with E-state index in [-0.39, 0.29) is 18.4 Å². The highest BCUT2D eigenvalue weighted by Crippen LogP contribution is 2.15. The predicted molar refractivity (Wildman–Crippen MR) is 73.9 cm³/mol. The van der Waals surface area contributed by atoms with Crippen LogP contribution >= 0.6 is 11.3 Å². The normalized spacial score (nSPS) is 14.0. The van der Waals surface area contributed by atoms with E-state index in [0.29, 0.717) is 5.76 Å². The van der Waals surface area contributed by atoms with E-state index in [1.165, 1.54) is 11.1 Å². The molecule has 0 fully saturated rings. The van der Waals surface area contributed by atoms with Crippen molar-refractivity contribution in [3.63, 3.8) is 0 Å². The number of amides is 1. The van der Waals surface area contributed by atoms with Crippen molar-refractivity contribution in [1.29, 1.82) is 0 Å². The number of carbonyl (C=O) groups excluding carboxylic acids is 1. The van der Waals surface area contributed by atoms with Gasteiger partial charge in [-0.2, -0.15) is 0 Å². The van der Waals surface area contributed by atoms with Crippen LogP contribution in [0.15, 0.2) is 40.3 Å². The number of aliphatic hydroxyl groups is 1. The summed E-state index contributed by atoms with van der Waals surface area (Å²) in [5, 5.41) is 14.5. The smallest absolute Gasteiger partial charge is 0.223 e. The Bertz CT molecular complexity index is 493. The molecule has 2 rings (SSSR count). The standard InChI is InChI=1S/C14H17NO3S/c1-10(8-11-4-3-7-19-11)14(17)15-9-12(16)13-5-2-6-18-13/h2-7,10,12,16H,8-9H2,1H3,(H,15,17). The van der Waals surface area contributed by atoms with Gasteiger partial charge in [-0.25, -0.2) is 0 Å². The second-order valence-corrected chi connectivity index (χ2v) is 5.49. The van der Waals surface area contributed by atoms with Gasteiger partial charge in [-0.1, -0.05) is 13.0 Å². The highest BCUT2D eigenvalue weighted by Gasteiger charge is 2.16. The highest BCUT2D eigenvalue weighted by molar-refractivity contribution is 7.09. The number of hydrogen-bond acceptors (Lipinski definition) is 4. The molecule has 0 spiro atoms. The first-order valence-corrected chi connectivity index (χ1v) is 7.06. The maximum atomic E-state index is 11.9. The summed E-state index contributed by atoms with van der Waals surface area (Å²) in [6.07, 6.45) is 1.42. The van der Waals surface area contributed by atoms with Crippen LogP contribution in [0.4, 0.5) is 0 Å². The fourth-order valence-corrected chi connectivity index (χ4v) is 2.61. The molecule has 2 heterocycles.